The zero-order valence-electron chi connectivity index (χ0n) is 14.4. The van der Waals surface area contributed by atoms with E-state index in [4.69, 9.17) is 0 Å². The molecule has 27 heavy (non-hydrogen) atoms. The van der Waals surface area contributed by atoms with Gasteiger partial charge in [-0.1, -0.05) is 18.7 Å². The van der Waals surface area contributed by atoms with Crippen molar-refractivity contribution < 1.29 is 9.18 Å². The minimum atomic E-state index is -0.294. The van der Waals surface area contributed by atoms with E-state index in [1.54, 1.807) is 24.3 Å². The molecule has 1 heterocycles. The van der Waals surface area contributed by atoms with Gasteiger partial charge in [-0.05, 0) is 48.0 Å². The van der Waals surface area contributed by atoms with Crippen molar-refractivity contribution in [2.24, 2.45) is 0 Å². The molecule has 136 valence electrons. The van der Waals surface area contributed by atoms with Gasteiger partial charge in [-0.2, -0.15) is 0 Å². The van der Waals surface area contributed by atoms with Gasteiger partial charge < -0.3 is 16.0 Å². The number of amides is 1. The molecule has 3 N–H and O–H groups in total. The number of hydrogen-bond donors (Lipinski definition) is 3. The number of carbonyl (C=O) groups is 1. The summed E-state index contributed by atoms with van der Waals surface area (Å²) in [7, 11) is 0. The van der Waals surface area contributed by atoms with Crippen LogP contribution in [0.1, 0.15) is 5.56 Å². The van der Waals surface area contributed by atoms with Gasteiger partial charge in [-0.15, -0.1) is 0 Å². The number of aromatic nitrogens is 2. The molecule has 3 aromatic rings. The van der Waals surface area contributed by atoms with E-state index in [1.807, 2.05) is 18.2 Å². The Hall–Kier alpha value is -3.74. The first-order valence-electron chi connectivity index (χ1n) is 8.23. The average molecular weight is 363 g/mol. The molecule has 0 bridgehead atoms. The number of nitrogens with one attached hydrogen (secondary N) is 3. The molecule has 0 fully saturated rings. The lowest BCUT2D eigenvalue weighted by Gasteiger charge is -2.10. The fraction of sp³-hybridized carbons (Fsp3) is 0.0500. The van der Waals surface area contributed by atoms with Crippen LogP contribution in [-0.2, 0) is 11.3 Å². The average Bonchev–Trinajstić information content (AvgIpc) is 2.69. The highest BCUT2D eigenvalue weighted by Crippen LogP contribution is 2.17. The van der Waals surface area contributed by atoms with Gasteiger partial charge in [0.05, 0.1) is 0 Å². The summed E-state index contributed by atoms with van der Waals surface area (Å²) in [5.74, 6) is 0.672. The largest absolute Gasteiger partial charge is 0.366 e. The van der Waals surface area contributed by atoms with Crippen LogP contribution in [-0.4, -0.2) is 15.9 Å². The summed E-state index contributed by atoms with van der Waals surface area (Å²) in [4.78, 5) is 19.7. The van der Waals surface area contributed by atoms with Crippen LogP contribution in [0.15, 0.2) is 73.6 Å². The second-order valence-corrected chi connectivity index (χ2v) is 5.67. The second kappa shape index (κ2) is 8.57. The summed E-state index contributed by atoms with van der Waals surface area (Å²) in [5, 5.41) is 9.02. The fourth-order valence-electron chi connectivity index (χ4n) is 2.35. The lowest BCUT2D eigenvalue weighted by Crippen LogP contribution is -2.08. The first kappa shape index (κ1) is 18.1. The van der Waals surface area contributed by atoms with Gasteiger partial charge in [0, 0.05) is 24.0 Å². The molecule has 0 saturated heterocycles. The van der Waals surface area contributed by atoms with Gasteiger partial charge in [-0.3, -0.25) is 4.79 Å². The highest BCUT2D eigenvalue weighted by atomic mass is 19.1. The van der Waals surface area contributed by atoms with Crippen LogP contribution < -0.4 is 16.0 Å². The van der Waals surface area contributed by atoms with Crippen molar-refractivity contribution in [2.75, 3.05) is 16.0 Å². The number of nitrogens with zero attached hydrogens (tertiary/aromatic N) is 2. The number of hydrogen-bond acceptors (Lipinski definition) is 5. The summed E-state index contributed by atoms with van der Waals surface area (Å²) in [5.41, 5.74) is 2.40. The number of anilines is 4. The second-order valence-electron chi connectivity index (χ2n) is 5.67. The third kappa shape index (κ3) is 5.37. The predicted octanol–water partition coefficient (Wildman–Crippen LogP) is 4.10. The van der Waals surface area contributed by atoms with Gasteiger partial charge in [0.2, 0.25) is 5.91 Å². The van der Waals surface area contributed by atoms with Crippen molar-refractivity contribution in [3.8, 4) is 0 Å². The quantitative estimate of drug-likeness (QED) is 0.551. The van der Waals surface area contributed by atoms with E-state index in [1.165, 1.54) is 24.5 Å². The first-order chi connectivity index (χ1) is 13.1. The zero-order valence-corrected chi connectivity index (χ0v) is 14.4. The Bertz CT molecular complexity index is 943. The molecule has 1 aromatic heterocycles. The summed E-state index contributed by atoms with van der Waals surface area (Å²) >= 11 is 0. The van der Waals surface area contributed by atoms with Gasteiger partial charge in [-0.25, -0.2) is 14.4 Å². The summed E-state index contributed by atoms with van der Waals surface area (Å²) in [6.07, 6.45) is 2.66. The van der Waals surface area contributed by atoms with E-state index in [9.17, 15) is 9.18 Å². The molecule has 0 aliphatic rings. The van der Waals surface area contributed by atoms with Crippen molar-refractivity contribution in [2.45, 2.75) is 6.54 Å². The van der Waals surface area contributed by atoms with Crippen LogP contribution >= 0.6 is 0 Å². The van der Waals surface area contributed by atoms with Crippen LogP contribution in [0.25, 0.3) is 0 Å². The van der Waals surface area contributed by atoms with E-state index in [0.717, 1.165) is 11.3 Å². The topological polar surface area (TPSA) is 78.9 Å². The molecule has 0 aliphatic carbocycles. The summed E-state index contributed by atoms with van der Waals surface area (Å²) < 4.78 is 13.0. The number of rotatable bonds is 7. The van der Waals surface area contributed by atoms with Gasteiger partial charge >= 0.3 is 0 Å². The third-order valence-corrected chi connectivity index (χ3v) is 3.64. The van der Waals surface area contributed by atoms with Crippen molar-refractivity contribution in [1.29, 1.82) is 0 Å². The molecule has 0 unspecified atom stereocenters. The standard InChI is InChI=1S/C20H18FN5O/c1-2-20(27)26-17-5-3-4-14(10-17)12-22-18-11-19(24-13-23-18)25-16-8-6-15(21)7-9-16/h2-11,13H,1,12H2,(H,26,27)(H2,22,23,24,25). The molecular weight excluding hydrogens is 345 g/mol. The van der Waals surface area contributed by atoms with E-state index in [0.29, 0.717) is 23.9 Å². The molecular formula is C20H18FN5O. The molecule has 0 aliphatic heterocycles. The van der Waals surface area contributed by atoms with Gasteiger partial charge in [0.1, 0.15) is 23.8 Å². The van der Waals surface area contributed by atoms with Crippen LogP contribution in [0.2, 0.25) is 0 Å². The SMILES string of the molecule is C=CC(=O)Nc1cccc(CNc2cc(Nc3ccc(F)cc3)ncn2)c1. The molecule has 0 spiro atoms. The number of benzene rings is 2. The van der Waals surface area contributed by atoms with E-state index in [-0.39, 0.29) is 11.7 Å². The summed E-state index contributed by atoms with van der Waals surface area (Å²) in [6, 6.07) is 15.2. The first-order valence-corrected chi connectivity index (χ1v) is 8.23. The predicted molar refractivity (Wildman–Crippen MR) is 104 cm³/mol. The van der Waals surface area contributed by atoms with Crippen LogP contribution in [0.5, 0.6) is 0 Å². The normalized spacial score (nSPS) is 10.1. The maximum Gasteiger partial charge on any atom is 0.247 e. The Morgan fingerprint density at radius 3 is 2.59 bits per heavy atom. The Labute approximate surface area is 156 Å². The van der Waals surface area contributed by atoms with Gasteiger partial charge in [0.15, 0.2) is 0 Å². The lowest BCUT2D eigenvalue weighted by molar-refractivity contribution is -0.111. The van der Waals surface area contributed by atoms with Gasteiger partial charge in [0.25, 0.3) is 0 Å². The van der Waals surface area contributed by atoms with Crippen molar-refractivity contribution in [3.05, 3.63) is 85.0 Å². The fourth-order valence-corrected chi connectivity index (χ4v) is 2.35. The van der Waals surface area contributed by atoms with E-state index >= 15 is 0 Å². The Balaban J connectivity index is 1.63. The third-order valence-electron chi connectivity index (χ3n) is 3.64. The smallest absolute Gasteiger partial charge is 0.247 e. The van der Waals surface area contributed by atoms with E-state index in [2.05, 4.69) is 32.5 Å². The molecule has 6 nitrogen and oxygen atoms in total. The van der Waals surface area contributed by atoms with Crippen LogP contribution in [0.4, 0.5) is 27.4 Å². The highest BCUT2D eigenvalue weighted by Gasteiger charge is 2.02. The molecule has 0 saturated carbocycles. The Kier molecular flexibility index (Phi) is 5.73. The van der Waals surface area contributed by atoms with Crippen LogP contribution in [0.3, 0.4) is 0 Å². The summed E-state index contributed by atoms with van der Waals surface area (Å²) in [6.45, 7) is 3.95. The van der Waals surface area contributed by atoms with Crippen molar-refractivity contribution >= 4 is 28.9 Å². The highest BCUT2D eigenvalue weighted by molar-refractivity contribution is 5.98. The molecule has 0 atom stereocenters. The zero-order chi connectivity index (χ0) is 19.1. The lowest BCUT2D eigenvalue weighted by atomic mass is 10.2. The monoisotopic (exact) mass is 363 g/mol. The maximum absolute atomic E-state index is 13.0. The van der Waals surface area contributed by atoms with Crippen molar-refractivity contribution in [3.63, 3.8) is 0 Å². The minimum Gasteiger partial charge on any atom is -0.366 e. The Morgan fingerprint density at radius 1 is 1.04 bits per heavy atom. The van der Waals surface area contributed by atoms with Crippen LogP contribution in [0, 0.1) is 5.82 Å². The Morgan fingerprint density at radius 2 is 1.81 bits per heavy atom. The van der Waals surface area contributed by atoms with E-state index < -0.39 is 0 Å². The number of halogens is 1. The molecule has 3 rings (SSSR count). The maximum atomic E-state index is 13.0. The molecule has 7 heteroatoms. The number of carbonyl (C=O) groups excluding carboxylic acids is 1. The van der Waals surface area contributed by atoms with Crippen molar-refractivity contribution in [1.82, 2.24) is 9.97 Å². The molecule has 2 aromatic carbocycles. The molecule has 1 amide bonds. The molecule has 0 radical (unpaired) electrons. The minimum absolute atomic E-state index is 0.257.